The van der Waals surface area contributed by atoms with Crippen molar-refractivity contribution in [3.8, 4) is 11.5 Å². The Kier molecular flexibility index (Phi) is 6.94. The molecule has 166 valence electrons. The lowest BCUT2D eigenvalue weighted by Crippen LogP contribution is -2.42. The molecule has 2 unspecified atom stereocenters. The van der Waals surface area contributed by atoms with E-state index >= 15 is 0 Å². The largest absolute Gasteiger partial charge is 0.493 e. The van der Waals surface area contributed by atoms with Gasteiger partial charge in [-0.1, -0.05) is 26.8 Å². The quantitative estimate of drug-likeness (QED) is 0.682. The summed E-state index contributed by atoms with van der Waals surface area (Å²) in [4.78, 5) is 29.6. The van der Waals surface area contributed by atoms with E-state index in [1.807, 2.05) is 23.1 Å². The highest BCUT2D eigenvalue weighted by molar-refractivity contribution is 5.89. The van der Waals surface area contributed by atoms with Gasteiger partial charge in [-0.25, -0.2) is 0 Å². The van der Waals surface area contributed by atoms with Crippen molar-refractivity contribution >= 4 is 11.8 Å². The smallest absolute Gasteiger partial charge is 0.228 e. The first-order valence-corrected chi connectivity index (χ1v) is 11.0. The third kappa shape index (κ3) is 5.27. The highest BCUT2D eigenvalue weighted by atomic mass is 16.5. The molecule has 2 amide bonds. The monoisotopic (exact) mass is 416 g/mol. The molecule has 3 rings (SSSR count). The van der Waals surface area contributed by atoms with Gasteiger partial charge in [0, 0.05) is 32.1 Å². The molecular weight excluding hydrogens is 380 g/mol. The van der Waals surface area contributed by atoms with Crippen molar-refractivity contribution in [3.63, 3.8) is 0 Å². The Hall–Kier alpha value is -2.24. The van der Waals surface area contributed by atoms with Crippen LogP contribution < -0.4 is 9.47 Å². The van der Waals surface area contributed by atoms with Crippen LogP contribution in [0, 0.1) is 11.3 Å². The number of rotatable bonds is 7. The van der Waals surface area contributed by atoms with E-state index in [4.69, 9.17) is 9.47 Å². The van der Waals surface area contributed by atoms with Gasteiger partial charge in [-0.15, -0.1) is 0 Å². The maximum absolute atomic E-state index is 13.2. The topological polar surface area (TPSA) is 59.1 Å². The van der Waals surface area contributed by atoms with Gasteiger partial charge in [0.15, 0.2) is 11.5 Å². The van der Waals surface area contributed by atoms with Gasteiger partial charge in [0.25, 0.3) is 0 Å². The molecular formula is C24H36N2O4. The van der Waals surface area contributed by atoms with E-state index < -0.39 is 0 Å². The number of carbonyl (C=O) groups excluding carboxylic acids is 2. The van der Waals surface area contributed by atoms with Crippen LogP contribution in [0.5, 0.6) is 11.5 Å². The highest BCUT2D eigenvalue weighted by Crippen LogP contribution is 2.32. The molecule has 6 heteroatoms. The minimum atomic E-state index is -0.205. The van der Waals surface area contributed by atoms with Crippen LogP contribution in [0.3, 0.4) is 0 Å². The van der Waals surface area contributed by atoms with E-state index in [2.05, 4.69) is 25.7 Å². The molecule has 0 bridgehead atoms. The number of methoxy groups -OCH3 is 2. The fourth-order valence-electron chi connectivity index (χ4n) is 4.73. The number of nitrogens with zero attached hydrogens (tertiary/aromatic N) is 2. The van der Waals surface area contributed by atoms with E-state index in [9.17, 15) is 9.59 Å². The number of amides is 2. The number of benzene rings is 1. The van der Waals surface area contributed by atoms with Crippen LogP contribution in [0.25, 0.3) is 0 Å². The SMILES string of the molecule is COc1ccc(CCN2CC(C(=O)N3CCCC3CC(C)(C)C)CC2=O)cc1OC. The molecule has 0 radical (unpaired) electrons. The first-order valence-electron chi connectivity index (χ1n) is 11.0. The molecule has 1 aromatic carbocycles. The molecule has 0 aromatic heterocycles. The van der Waals surface area contributed by atoms with Crippen LogP contribution in [-0.4, -0.2) is 61.5 Å². The molecule has 2 fully saturated rings. The first kappa shape index (κ1) is 22.4. The lowest BCUT2D eigenvalue weighted by molar-refractivity contribution is -0.137. The molecule has 0 spiro atoms. The van der Waals surface area contributed by atoms with Crippen molar-refractivity contribution in [1.29, 1.82) is 0 Å². The van der Waals surface area contributed by atoms with Crippen molar-refractivity contribution < 1.29 is 19.1 Å². The summed E-state index contributed by atoms with van der Waals surface area (Å²) in [5, 5.41) is 0. The molecule has 2 heterocycles. The van der Waals surface area contributed by atoms with Gasteiger partial charge in [-0.3, -0.25) is 9.59 Å². The van der Waals surface area contributed by atoms with Crippen LogP contribution in [0.2, 0.25) is 0 Å². The average molecular weight is 417 g/mol. The number of carbonyl (C=O) groups is 2. The van der Waals surface area contributed by atoms with E-state index in [1.165, 1.54) is 0 Å². The summed E-state index contributed by atoms with van der Waals surface area (Å²) < 4.78 is 10.6. The minimum absolute atomic E-state index is 0.0837. The lowest BCUT2D eigenvalue weighted by atomic mass is 9.87. The normalized spacial score (nSPS) is 22.0. The molecule has 1 aromatic rings. The summed E-state index contributed by atoms with van der Waals surface area (Å²) in [7, 11) is 3.23. The third-order valence-corrected chi connectivity index (χ3v) is 6.19. The maximum Gasteiger partial charge on any atom is 0.228 e. The van der Waals surface area contributed by atoms with Crippen LogP contribution in [-0.2, 0) is 16.0 Å². The van der Waals surface area contributed by atoms with Crippen molar-refractivity contribution in [3.05, 3.63) is 23.8 Å². The van der Waals surface area contributed by atoms with Crippen molar-refractivity contribution in [2.24, 2.45) is 11.3 Å². The van der Waals surface area contributed by atoms with E-state index in [-0.39, 0.29) is 23.1 Å². The third-order valence-electron chi connectivity index (χ3n) is 6.19. The molecule has 0 saturated carbocycles. The van der Waals surface area contributed by atoms with Gasteiger partial charge >= 0.3 is 0 Å². The summed E-state index contributed by atoms with van der Waals surface area (Å²) in [6.07, 6.45) is 4.22. The number of likely N-dealkylation sites (tertiary alicyclic amines) is 2. The van der Waals surface area contributed by atoms with E-state index in [1.54, 1.807) is 14.2 Å². The number of hydrogen-bond acceptors (Lipinski definition) is 4. The van der Waals surface area contributed by atoms with Gasteiger partial charge in [0.1, 0.15) is 0 Å². The Balaban J connectivity index is 1.58. The van der Waals surface area contributed by atoms with Gasteiger partial charge in [0.05, 0.1) is 20.1 Å². The predicted molar refractivity (Wildman–Crippen MR) is 117 cm³/mol. The Labute approximate surface area is 180 Å². The molecule has 2 atom stereocenters. The summed E-state index contributed by atoms with van der Waals surface area (Å²) in [6, 6.07) is 6.14. The predicted octanol–water partition coefficient (Wildman–Crippen LogP) is 3.52. The Morgan fingerprint density at radius 3 is 2.57 bits per heavy atom. The van der Waals surface area contributed by atoms with E-state index in [0.717, 1.165) is 37.8 Å². The number of hydrogen-bond donors (Lipinski definition) is 0. The van der Waals surface area contributed by atoms with Crippen LogP contribution >= 0.6 is 0 Å². The average Bonchev–Trinajstić information content (AvgIpc) is 3.30. The molecule has 6 nitrogen and oxygen atoms in total. The second-order valence-corrected chi connectivity index (χ2v) is 9.77. The van der Waals surface area contributed by atoms with Gasteiger partial charge in [0.2, 0.25) is 11.8 Å². The fraction of sp³-hybridized carbons (Fsp3) is 0.667. The molecule has 2 aliphatic rings. The summed E-state index contributed by atoms with van der Waals surface area (Å²) in [6.45, 7) is 8.65. The van der Waals surface area contributed by atoms with Crippen LogP contribution in [0.1, 0.15) is 52.0 Å². The Morgan fingerprint density at radius 2 is 1.90 bits per heavy atom. The standard InChI is InChI=1S/C24H36N2O4/c1-24(2,3)15-19-7-6-11-26(19)23(28)18-14-22(27)25(16-18)12-10-17-8-9-20(29-4)21(13-17)30-5/h8-9,13,18-19H,6-7,10-12,14-16H2,1-5H3. The molecule has 0 N–H and O–H groups in total. The molecule has 30 heavy (non-hydrogen) atoms. The fourth-order valence-corrected chi connectivity index (χ4v) is 4.73. The molecule has 0 aliphatic carbocycles. The maximum atomic E-state index is 13.2. The zero-order valence-corrected chi connectivity index (χ0v) is 19.1. The number of ether oxygens (including phenoxy) is 2. The van der Waals surface area contributed by atoms with Crippen molar-refractivity contribution in [2.75, 3.05) is 33.9 Å². The highest BCUT2D eigenvalue weighted by Gasteiger charge is 2.40. The minimum Gasteiger partial charge on any atom is -0.493 e. The van der Waals surface area contributed by atoms with Crippen LogP contribution in [0.4, 0.5) is 0 Å². The molecule has 2 saturated heterocycles. The van der Waals surface area contributed by atoms with Crippen LogP contribution in [0.15, 0.2) is 18.2 Å². The van der Waals surface area contributed by atoms with Crippen molar-refractivity contribution in [1.82, 2.24) is 9.80 Å². The summed E-state index contributed by atoms with van der Waals surface area (Å²) in [5.74, 6) is 1.43. The zero-order chi connectivity index (χ0) is 21.9. The summed E-state index contributed by atoms with van der Waals surface area (Å²) in [5.41, 5.74) is 1.28. The van der Waals surface area contributed by atoms with E-state index in [0.29, 0.717) is 37.1 Å². The first-order chi connectivity index (χ1) is 14.2. The van der Waals surface area contributed by atoms with Crippen molar-refractivity contribution in [2.45, 2.75) is 58.9 Å². The Morgan fingerprint density at radius 1 is 1.17 bits per heavy atom. The van der Waals surface area contributed by atoms with Gasteiger partial charge in [-0.2, -0.15) is 0 Å². The Bertz CT molecular complexity index is 771. The zero-order valence-electron chi connectivity index (χ0n) is 19.1. The van der Waals surface area contributed by atoms with Gasteiger partial charge in [-0.05, 0) is 48.8 Å². The summed E-state index contributed by atoms with van der Waals surface area (Å²) >= 11 is 0. The second kappa shape index (κ2) is 9.27. The lowest BCUT2D eigenvalue weighted by Gasteiger charge is -2.32. The van der Waals surface area contributed by atoms with Gasteiger partial charge < -0.3 is 19.3 Å². The second-order valence-electron chi connectivity index (χ2n) is 9.77. The molecule has 2 aliphatic heterocycles.